The van der Waals surface area contributed by atoms with Gasteiger partial charge in [0.1, 0.15) is 6.54 Å². The number of quaternary nitrogens is 1. The summed E-state index contributed by atoms with van der Waals surface area (Å²) in [5.41, 5.74) is 8.40. The Morgan fingerprint density at radius 1 is 0.889 bits per heavy atom. The molecule has 0 amide bonds. The van der Waals surface area contributed by atoms with E-state index in [4.69, 9.17) is 6.42 Å². The Morgan fingerprint density at radius 3 is 1.67 bits per heavy atom. The average molecular weight is 244 g/mol. The number of hydrogen-bond donors (Lipinski definition) is 1. The molecule has 98 valence electrons. The van der Waals surface area contributed by atoms with Gasteiger partial charge in [0, 0.05) is 19.4 Å². The van der Waals surface area contributed by atoms with Gasteiger partial charge in [-0.15, -0.1) is 6.42 Å². The molecule has 0 spiro atoms. The number of benzene rings is 1. The molecule has 1 heteroatoms. The summed E-state index contributed by atoms with van der Waals surface area (Å²) < 4.78 is 0. The summed E-state index contributed by atoms with van der Waals surface area (Å²) in [6, 6.07) is 0. The molecule has 2 N–H and O–H groups in total. The van der Waals surface area contributed by atoms with Crippen LogP contribution >= 0.6 is 0 Å². The summed E-state index contributed by atoms with van der Waals surface area (Å²) in [4.78, 5) is 0. The van der Waals surface area contributed by atoms with E-state index in [9.17, 15) is 0 Å². The van der Waals surface area contributed by atoms with E-state index in [1.807, 2.05) is 0 Å². The molecular formula is C17H26N+. The molecule has 0 aliphatic rings. The lowest BCUT2D eigenvalue weighted by molar-refractivity contribution is -0.721. The van der Waals surface area contributed by atoms with Crippen molar-refractivity contribution in [1.82, 2.24) is 0 Å². The Morgan fingerprint density at radius 2 is 1.28 bits per heavy atom. The number of hydrogen-bond acceptors (Lipinski definition) is 0. The molecule has 0 fully saturated rings. The Bertz CT molecular complexity index is 472. The fraction of sp³-hybridized carbons (Fsp3) is 0.529. The van der Waals surface area contributed by atoms with Crippen LogP contribution in [-0.4, -0.2) is 5.54 Å². The maximum Gasteiger partial charge on any atom is 0.152 e. The van der Waals surface area contributed by atoms with Gasteiger partial charge in [-0.25, -0.2) is 0 Å². The highest BCUT2D eigenvalue weighted by molar-refractivity contribution is 5.49. The Labute approximate surface area is 112 Å². The Balaban J connectivity index is 3.16. The van der Waals surface area contributed by atoms with Gasteiger partial charge in [-0.3, -0.25) is 0 Å². The zero-order chi connectivity index (χ0) is 14.1. The lowest BCUT2D eigenvalue weighted by Gasteiger charge is -2.21. The van der Waals surface area contributed by atoms with E-state index in [0.717, 1.165) is 6.54 Å². The second-order valence-corrected chi connectivity index (χ2v) is 5.88. The van der Waals surface area contributed by atoms with Crippen LogP contribution in [0.15, 0.2) is 0 Å². The van der Waals surface area contributed by atoms with E-state index >= 15 is 0 Å². The van der Waals surface area contributed by atoms with E-state index in [1.165, 1.54) is 33.4 Å². The maximum absolute atomic E-state index is 5.55. The van der Waals surface area contributed by atoms with Crippen LogP contribution in [0.3, 0.4) is 0 Å². The first-order chi connectivity index (χ1) is 8.21. The summed E-state index contributed by atoms with van der Waals surface area (Å²) in [5.74, 6) is 2.84. The van der Waals surface area contributed by atoms with Crippen molar-refractivity contribution in [1.29, 1.82) is 0 Å². The summed E-state index contributed by atoms with van der Waals surface area (Å²) in [5, 5.41) is 2.25. The normalized spacial score (nSPS) is 11.4. The monoisotopic (exact) mass is 244 g/mol. The summed E-state index contributed by atoms with van der Waals surface area (Å²) in [6.07, 6.45) is 5.55. The molecule has 18 heavy (non-hydrogen) atoms. The van der Waals surface area contributed by atoms with Crippen LogP contribution in [-0.2, 0) is 6.54 Å². The van der Waals surface area contributed by atoms with E-state index in [1.54, 1.807) is 0 Å². The van der Waals surface area contributed by atoms with Gasteiger partial charge in [-0.1, -0.05) is 0 Å². The van der Waals surface area contributed by atoms with Gasteiger partial charge in [0.05, 0.1) is 0 Å². The van der Waals surface area contributed by atoms with Gasteiger partial charge in [-0.2, -0.15) is 0 Å². The Kier molecular flexibility index (Phi) is 4.24. The standard InChI is InChI=1S/C17H25N/c1-9-17(7,8)18-10-16-14(5)12(3)11(2)13(4)15(16)6/h1,18H,10H2,2-8H3/p+1. The first kappa shape index (κ1) is 14.8. The van der Waals surface area contributed by atoms with Crippen LogP contribution in [0.25, 0.3) is 0 Å². The van der Waals surface area contributed by atoms with E-state index in [-0.39, 0.29) is 5.54 Å². The largest absolute Gasteiger partial charge is 0.328 e. The van der Waals surface area contributed by atoms with Gasteiger partial charge in [-0.05, 0) is 68.4 Å². The number of nitrogens with two attached hydrogens (primary N) is 1. The van der Waals surface area contributed by atoms with Crippen molar-refractivity contribution in [3.05, 3.63) is 33.4 Å². The lowest BCUT2D eigenvalue weighted by Crippen LogP contribution is -2.93. The molecule has 0 atom stereocenters. The van der Waals surface area contributed by atoms with Crippen molar-refractivity contribution in [2.24, 2.45) is 0 Å². The van der Waals surface area contributed by atoms with Crippen LogP contribution in [0, 0.1) is 47.0 Å². The zero-order valence-electron chi connectivity index (χ0n) is 12.9. The van der Waals surface area contributed by atoms with Gasteiger partial charge in [0.15, 0.2) is 5.54 Å². The third kappa shape index (κ3) is 2.76. The molecule has 1 nitrogen and oxygen atoms in total. The number of terminal acetylenes is 1. The molecule has 1 aromatic rings. The second-order valence-electron chi connectivity index (χ2n) is 5.88. The molecule has 0 bridgehead atoms. The number of rotatable bonds is 3. The van der Waals surface area contributed by atoms with Gasteiger partial charge in [0.2, 0.25) is 0 Å². The highest BCUT2D eigenvalue weighted by Gasteiger charge is 2.19. The average Bonchev–Trinajstić information content (AvgIpc) is 2.34. The summed E-state index contributed by atoms with van der Waals surface area (Å²) in [7, 11) is 0. The highest BCUT2D eigenvalue weighted by atomic mass is 14.9. The molecule has 1 aromatic carbocycles. The minimum absolute atomic E-state index is 0.133. The predicted octanol–water partition coefficient (Wildman–Crippen LogP) is 2.70. The fourth-order valence-corrected chi connectivity index (χ4v) is 2.30. The summed E-state index contributed by atoms with van der Waals surface area (Å²) in [6.45, 7) is 16.2. The molecule has 0 aliphatic carbocycles. The molecule has 0 heterocycles. The molecule has 0 radical (unpaired) electrons. The van der Waals surface area contributed by atoms with Gasteiger partial charge < -0.3 is 5.32 Å². The lowest BCUT2D eigenvalue weighted by atomic mass is 9.89. The van der Waals surface area contributed by atoms with Gasteiger partial charge >= 0.3 is 0 Å². The van der Waals surface area contributed by atoms with Crippen molar-refractivity contribution in [3.8, 4) is 12.3 Å². The van der Waals surface area contributed by atoms with Crippen molar-refractivity contribution in [3.63, 3.8) is 0 Å². The van der Waals surface area contributed by atoms with Crippen molar-refractivity contribution in [2.75, 3.05) is 0 Å². The predicted molar refractivity (Wildman–Crippen MR) is 78.7 cm³/mol. The summed E-state index contributed by atoms with van der Waals surface area (Å²) >= 11 is 0. The highest BCUT2D eigenvalue weighted by Crippen LogP contribution is 2.25. The molecule has 0 saturated carbocycles. The van der Waals surface area contributed by atoms with Crippen molar-refractivity contribution in [2.45, 2.75) is 60.5 Å². The third-order valence-electron chi connectivity index (χ3n) is 4.34. The van der Waals surface area contributed by atoms with E-state index in [2.05, 4.69) is 59.7 Å². The van der Waals surface area contributed by atoms with Crippen LogP contribution < -0.4 is 5.32 Å². The smallest absolute Gasteiger partial charge is 0.152 e. The first-order valence-electron chi connectivity index (χ1n) is 6.59. The molecular weight excluding hydrogens is 218 g/mol. The quantitative estimate of drug-likeness (QED) is 0.787. The molecule has 0 aliphatic heterocycles. The van der Waals surface area contributed by atoms with Crippen molar-refractivity contribution >= 4 is 0 Å². The first-order valence-corrected chi connectivity index (χ1v) is 6.59. The Hall–Kier alpha value is -1.26. The minimum atomic E-state index is -0.133. The molecule has 0 saturated heterocycles. The molecule has 0 aromatic heterocycles. The van der Waals surface area contributed by atoms with Gasteiger partial charge in [0.25, 0.3) is 0 Å². The van der Waals surface area contributed by atoms with Crippen LogP contribution in [0.1, 0.15) is 47.2 Å². The minimum Gasteiger partial charge on any atom is -0.328 e. The topological polar surface area (TPSA) is 16.6 Å². The second kappa shape index (κ2) is 5.16. The van der Waals surface area contributed by atoms with E-state index in [0.29, 0.717) is 0 Å². The van der Waals surface area contributed by atoms with E-state index < -0.39 is 0 Å². The van der Waals surface area contributed by atoms with Crippen LogP contribution in [0.5, 0.6) is 0 Å². The fourth-order valence-electron chi connectivity index (χ4n) is 2.30. The third-order valence-corrected chi connectivity index (χ3v) is 4.34. The van der Waals surface area contributed by atoms with Crippen molar-refractivity contribution < 1.29 is 5.32 Å². The SMILES string of the molecule is C#CC(C)(C)[NH2+]Cc1c(C)c(C)c(C)c(C)c1C. The maximum atomic E-state index is 5.55. The molecule has 1 rings (SSSR count). The zero-order valence-corrected chi connectivity index (χ0v) is 12.9. The van der Waals surface area contributed by atoms with Crippen LogP contribution in [0.4, 0.5) is 0 Å². The van der Waals surface area contributed by atoms with Crippen LogP contribution in [0.2, 0.25) is 0 Å². The molecule has 0 unspecified atom stereocenters.